The Morgan fingerprint density at radius 2 is 1.79 bits per heavy atom. The Kier molecular flexibility index (Phi) is 5.67. The van der Waals surface area contributed by atoms with E-state index >= 15 is 0 Å². The van der Waals surface area contributed by atoms with Crippen molar-refractivity contribution in [3.8, 4) is 6.07 Å². The summed E-state index contributed by atoms with van der Waals surface area (Å²) in [6.07, 6.45) is 3.30. The van der Waals surface area contributed by atoms with Crippen LogP contribution in [0.5, 0.6) is 0 Å². The molecule has 0 saturated carbocycles. The topological polar surface area (TPSA) is 112 Å². The third kappa shape index (κ3) is 4.52. The molecule has 2 N–H and O–H groups in total. The minimum atomic E-state index is -3.88. The van der Waals surface area contributed by atoms with Crippen LogP contribution in [0.15, 0.2) is 78.0 Å². The third-order valence-corrected chi connectivity index (χ3v) is 5.28. The normalized spacial score (nSPS) is 10.7. The number of pyridine rings is 1. The number of nitriles is 1. The van der Waals surface area contributed by atoms with Gasteiger partial charge in [0.05, 0.1) is 16.1 Å². The molecule has 0 aliphatic heterocycles. The summed E-state index contributed by atoms with van der Waals surface area (Å²) in [4.78, 5) is 16.2. The number of hydrogen-bond donors (Lipinski definition) is 2. The number of carbonyl (C=O) groups excluding carboxylic acids is 1. The van der Waals surface area contributed by atoms with Gasteiger partial charge in [0.1, 0.15) is 6.07 Å². The molecular weight excluding hydrogens is 376 g/mol. The van der Waals surface area contributed by atoms with Crippen molar-refractivity contribution in [3.63, 3.8) is 0 Å². The highest BCUT2D eigenvalue weighted by Gasteiger charge is 2.16. The molecule has 0 radical (unpaired) electrons. The van der Waals surface area contributed by atoms with E-state index in [1.165, 1.54) is 36.4 Å². The smallest absolute Gasteiger partial charge is 0.261 e. The third-order valence-electron chi connectivity index (χ3n) is 3.89. The summed E-state index contributed by atoms with van der Waals surface area (Å²) in [5.41, 5.74) is 1.61. The fourth-order valence-corrected chi connectivity index (χ4v) is 3.53. The highest BCUT2D eigenvalue weighted by atomic mass is 32.2. The van der Waals surface area contributed by atoms with Crippen molar-refractivity contribution in [3.05, 3.63) is 89.7 Å². The molecule has 28 heavy (non-hydrogen) atoms. The molecule has 0 unspecified atom stereocenters. The van der Waals surface area contributed by atoms with Gasteiger partial charge in [0, 0.05) is 24.5 Å². The lowest BCUT2D eigenvalue weighted by atomic mass is 10.2. The molecule has 0 atom stereocenters. The first-order valence-corrected chi connectivity index (χ1v) is 9.77. The molecule has 0 spiro atoms. The van der Waals surface area contributed by atoms with Crippen LogP contribution in [-0.2, 0) is 16.6 Å². The van der Waals surface area contributed by atoms with Gasteiger partial charge in [-0.3, -0.25) is 14.5 Å². The monoisotopic (exact) mass is 392 g/mol. The molecule has 2 aromatic carbocycles. The summed E-state index contributed by atoms with van der Waals surface area (Å²) < 4.78 is 27.5. The van der Waals surface area contributed by atoms with Crippen LogP contribution in [0.3, 0.4) is 0 Å². The van der Waals surface area contributed by atoms with Crippen LogP contribution in [-0.4, -0.2) is 19.3 Å². The number of rotatable bonds is 6. The fraction of sp³-hybridized carbons (Fsp3) is 0.0500. The van der Waals surface area contributed by atoms with Crippen molar-refractivity contribution in [2.24, 2.45) is 0 Å². The lowest BCUT2D eigenvalue weighted by Gasteiger charge is -2.10. The average Bonchev–Trinajstić information content (AvgIpc) is 2.73. The second-order valence-corrected chi connectivity index (χ2v) is 7.51. The van der Waals surface area contributed by atoms with E-state index in [0.717, 1.165) is 5.56 Å². The minimum absolute atomic E-state index is 0.0101. The number of aromatic nitrogens is 1. The number of para-hydroxylation sites is 1. The van der Waals surface area contributed by atoms with E-state index in [2.05, 4.69) is 15.0 Å². The molecule has 0 fully saturated rings. The molecule has 1 heterocycles. The summed E-state index contributed by atoms with van der Waals surface area (Å²) in [6, 6.07) is 17.4. The molecular formula is C20H16N4O3S. The van der Waals surface area contributed by atoms with Crippen molar-refractivity contribution < 1.29 is 13.2 Å². The van der Waals surface area contributed by atoms with Crippen LogP contribution in [0.1, 0.15) is 21.5 Å². The van der Waals surface area contributed by atoms with Crippen LogP contribution in [0.2, 0.25) is 0 Å². The first-order valence-electron chi connectivity index (χ1n) is 8.29. The maximum atomic E-state index is 12.5. The van der Waals surface area contributed by atoms with Gasteiger partial charge in [-0.25, -0.2) is 8.42 Å². The van der Waals surface area contributed by atoms with Crippen LogP contribution < -0.4 is 10.0 Å². The lowest BCUT2D eigenvalue weighted by Crippen LogP contribution is -2.23. The van der Waals surface area contributed by atoms with Crippen molar-refractivity contribution in [1.82, 2.24) is 10.3 Å². The zero-order chi connectivity index (χ0) is 20.0. The van der Waals surface area contributed by atoms with Crippen LogP contribution in [0, 0.1) is 11.3 Å². The highest BCUT2D eigenvalue weighted by molar-refractivity contribution is 7.92. The van der Waals surface area contributed by atoms with Gasteiger partial charge in [-0.2, -0.15) is 5.26 Å². The number of sulfonamides is 1. The molecule has 1 aromatic heterocycles. The Hall–Kier alpha value is -3.70. The standard InChI is InChI=1S/C20H16N4O3S/c21-12-17-5-1-2-6-19(17)24-28(26,27)18-9-7-16(8-10-18)20(25)23-14-15-4-3-11-22-13-15/h1-11,13,24H,14H2,(H,23,25). The van der Waals surface area contributed by atoms with Gasteiger partial charge < -0.3 is 5.32 Å². The van der Waals surface area contributed by atoms with Crippen LogP contribution in [0.25, 0.3) is 0 Å². The Morgan fingerprint density at radius 1 is 1.04 bits per heavy atom. The second-order valence-electron chi connectivity index (χ2n) is 5.83. The number of nitrogens with one attached hydrogen (secondary N) is 2. The molecule has 0 bridgehead atoms. The van der Waals surface area contributed by atoms with E-state index in [1.54, 1.807) is 30.6 Å². The Balaban J connectivity index is 1.71. The number of carbonyl (C=O) groups is 1. The van der Waals surface area contributed by atoms with Crippen LogP contribution in [0.4, 0.5) is 5.69 Å². The summed E-state index contributed by atoms with van der Waals surface area (Å²) in [6.45, 7) is 0.319. The van der Waals surface area contributed by atoms with Crippen LogP contribution >= 0.6 is 0 Å². The van der Waals surface area contributed by atoms with E-state index < -0.39 is 10.0 Å². The molecule has 8 heteroatoms. The van der Waals surface area contributed by atoms with Gasteiger partial charge in [0.25, 0.3) is 15.9 Å². The molecule has 3 aromatic rings. The molecule has 0 aliphatic carbocycles. The molecule has 0 aliphatic rings. The summed E-state index contributed by atoms with van der Waals surface area (Å²) in [5.74, 6) is -0.324. The predicted octanol–water partition coefficient (Wildman–Crippen LogP) is 2.68. The van der Waals surface area contributed by atoms with Gasteiger partial charge in [-0.15, -0.1) is 0 Å². The van der Waals surface area contributed by atoms with E-state index in [1.807, 2.05) is 12.1 Å². The van der Waals surface area contributed by atoms with Crippen molar-refractivity contribution in [2.45, 2.75) is 11.4 Å². The maximum Gasteiger partial charge on any atom is 0.261 e. The zero-order valence-corrected chi connectivity index (χ0v) is 15.5. The number of hydrogen-bond acceptors (Lipinski definition) is 5. The average molecular weight is 392 g/mol. The Labute approximate surface area is 162 Å². The molecule has 140 valence electrons. The SMILES string of the molecule is N#Cc1ccccc1NS(=O)(=O)c1ccc(C(=O)NCc2cccnc2)cc1. The van der Waals surface area contributed by atoms with E-state index in [9.17, 15) is 13.2 Å². The quantitative estimate of drug-likeness (QED) is 0.670. The highest BCUT2D eigenvalue weighted by Crippen LogP contribution is 2.19. The van der Waals surface area contributed by atoms with Crippen molar-refractivity contribution >= 4 is 21.6 Å². The van der Waals surface area contributed by atoms with Crippen molar-refractivity contribution in [1.29, 1.82) is 5.26 Å². The largest absolute Gasteiger partial charge is 0.348 e. The fourth-order valence-electron chi connectivity index (χ4n) is 2.45. The van der Waals surface area contributed by atoms with Gasteiger partial charge in [0.15, 0.2) is 0 Å². The Bertz CT molecular complexity index is 1120. The van der Waals surface area contributed by atoms with Gasteiger partial charge in [0.2, 0.25) is 0 Å². The zero-order valence-electron chi connectivity index (χ0n) is 14.7. The Morgan fingerprint density at radius 3 is 2.46 bits per heavy atom. The molecule has 1 amide bonds. The molecule has 3 rings (SSSR count). The molecule has 7 nitrogen and oxygen atoms in total. The summed E-state index contributed by atoms with van der Waals surface area (Å²) in [5, 5.41) is 11.8. The summed E-state index contributed by atoms with van der Waals surface area (Å²) >= 11 is 0. The van der Waals surface area contributed by atoms with E-state index in [-0.39, 0.29) is 22.1 Å². The first-order chi connectivity index (χ1) is 13.5. The number of nitrogens with zero attached hydrogens (tertiary/aromatic N) is 2. The van der Waals surface area contributed by atoms with Gasteiger partial charge in [-0.1, -0.05) is 18.2 Å². The van der Waals surface area contributed by atoms with E-state index in [0.29, 0.717) is 12.1 Å². The van der Waals surface area contributed by atoms with Crippen molar-refractivity contribution in [2.75, 3.05) is 4.72 Å². The number of benzene rings is 2. The summed E-state index contributed by atoms with van der Waals surface area (Å²) in [7, 11) is -3.88. The maximum absolute atomic E-state index is 12.5. The number of amides is 1. The van der Waals surface area contributed by atoms with Gasteiger partial charge >= 0.3 is 0 Å². The first kappa shape index (κ1) is 19.1. The molecule has 0 saturated heterocycles. The lowest BCUT2D eigenvalue weighted by molar-refractivity contribution is 0.0951. The number of anilines is 1. The predicted molar refractivity (Wildman–Crippen MR) is 104 cm³/mol. The minimum Gasteiger partial charge on any atom is -0.348 e. The van der Waals surface area contributed by atoms with E-state index in [4.69, 9.17) is 5.26 Å². The second kappa shape index (κ2) is 8.33. The van der Waals surface area contributed by atoms with Gasteiger partial charge in [-0.05, 0) is 48.0 Å².